The summed E-state index contributed by atoms with van der Waals surface area (Å²) >= 11 is 5.89. The van der Waals surface area contributed by atoms with Crippen molar-refractivity contribution in [3.05, 3.63) is 23.4 Å². The SMILES string of the molecule is O=C1C2CC2C(=O)N1c1ncccc1Cl. The Hall–Kier alpha value is -1.42. The van der Waals surface area contributed by atoms with Crippen LogP contribution >= 0.6 is 11.6 Å². The number of amides is 2. The number of hydrogen-bond donors (Lipinski definition) is 0. The number of rotatable bonds is 1. The van der Waals surface area contributed by atoms with Gasteiger partial charge in [0.1, 0.15) is 0 Å². The molecule has 2 unspecified atom stereocenters. The predicted octanol–water partition coefficient (Wildman–Crippen LogP) is 1.24. The molecule has 0 N–H and O–H groups in total. The molecule has 2 fully saturated rings. The van der Waals surface area contributed by atoms with Crippen molar-refractivity contribution in [1.29, 1.82) is 0 Å². The average Bonchev–Trinajstić information content (AvgIpc) is 2.96. The summed E-state index contributed by atoms with van der Waals surface area (Å²) < 4.78 is 0. The number of anilines is 1. The summed E-state index contributed by atoms with van der Waals surface area (Å²) in [6.07, 6.45) is 2.21. The van der Waals surface area contributed by atoms with Crippen molar-refractivity contribution in [1.82, 2.24) is 4.98 Å². The number of piperidine rings is 1. The number of aromatic nitrogens is 1. The van der Waals surface area contributed by atoms with Crippen molar-refractivity contribution in [2.45, 2.75) is 6.42 Å². The molecule has 0 radical (unpaired) electrons. The minimum absolute atomic E-state index is 0.115. The molecule has 76 valence electrons. The molecule has 4 nitrogen and oxygen atoms in total. The fourth-order valence-corrected chi connectivity index (χ4v) is 2.14. The van der Waals surface area contributed by atoms with E-state index in [4.69, 9.17) is 11.6 Å². The van der Waals surface area contributed by atoms with Crippen LogP contribution < -0.4 is 4.90 Å². The topological polar surface area (TPSA) is 50.3 Å². The Morgan fingerprint density at radius 3 is 2.60 bits per heavy atom. The van der Waals surface area contributed by atoms with Crippen LogP contribution in [0.4, 0.5) is 5.82 Å². The van der Waals surface area contributed by atoms with Crippen molar-refractivity contribution < 1.29 is 9.59 Å². The van der Waals surface area contributed by atoms with Gasteiger partial charge in [-0.1, -0.05) is 11.6 Å². The summed E-state index contributed by atoms with van der Waals surface area (Å²) in [5, 5.41) is 0.334. The zero-order chi connectivity index (χ0) is 10.6. The van der Waals surface area contributed by atoms with E-state index < -0.39 is 0 Å². The Balaban J connectivity index is 2.05. The number of imide groups is 1. The molecule has 0 aromatic carbocycles. The second kappa shape index (κ2) is 2.79. The molecule has 1 saturated carbocycles. The molecule has 3 rings (SSSR count). The van der Waals surface area contributed by atoms with Gasteiger partial charge in [-0.25, -0.2) is 9.88 Å². The lowest BCUT2D eigenvalue weighted by atomic mass is 10.4. The first-order chi connectivity index (χ1) is 7.20. The highest BCUT2D eigenvalue weighted by atomic mass is 35.5. The molecule has 1 aliphatic carbocycles. The van der Waals surface area contributed by atoms with Crippen molar-refractivity contribution in [2.24, 2.45) is 11.8 Å². The van der Waals surface area contributed by atoms with Crippen LogP contribution in [-0.2, 0) is 9.59 Å². The van der Waals surface area contributed by atoms with E-state index in [0.29, 0.717) is 11.4 Å². The number of nitrogens with zero attached hydrogens (tertiary/aromatic N) is 2. The smallest absolute Gasteiger partial charge is 0.238 e. The van der Waals surface area contributed by atoms with Gasteiger partial charge in [-0.2, -0.15) is 0 Å². The van der Waals surface area contributed by atoms with Gasteiger partial charge in [0.25, 0.3) is 0 Å². The van der Waals surface area contributed by atoms with Gasteiger partial charge >= 0.3 is 0 Å². The average molecular weight is 223 g/mol. The largest absolute Gasteiger partial charge is 0.274 e. The Morgan fingerprint density at radius 2 is 2.00 bits per heavy atom. The third-order valence-electron chi connectivity index (χ3n) is 2.82. The van der Waals surface area contributed by atoms with Crippen molar-refractivity contribution in [3.8, 4) is 0 Å². The van der Waals surface area contributed by atoms with Gasteiger partial charge in [0.2, 0.25) is 11.8 Å². The highest BCUT2D eigenvalue weighted by molar-refractivity contribution is 6.36. The number of fused-ring (bicyclic) bond motifs is 1. The molecular weight excluding hydrogens is 216 g/mol. The molecule has 1 saturated heterocycles. The van der Waals surface area contributed by atoms with Crippen LogP contribution in [-0.4, -0.2) is 16.8 Å². The van der Waals surface area contributed by atoms with Crippen LogP contribution in [0.3, 0.4) is 0 Å². The van der Waals surface area contributed by atoms with E-state index in [-0.39, 0.29) is 29.5 Å². The van der Waals surface area contributed by atoms with Crippen LogP contribution in [0.25, 0.3) is 0 Å². The van der Waals surface area contributed by atoms with E-state index in [2.05, 4.69) is 4.98 Å². The zero-order valence-corrected chi connectivity index (χ0v) is 8.44. The summed E-state index contributed by atoms with van der Waals surface area (Å²) in [5.74, 6) is -0.288. The molecule has 0 spiro atoms. The molecule has 1 aromatic heterocycles. The molecule has 2 amide bonds. The summed E-state index contributed by atoms with van der Waals surface area (Å²) in [4.78, 5) is 28.5. The summed E-state index contributed by atoms with van der Waals surface area (Å²) in [7, 11) is 0. The van der Waals surface area contributed by atoms with Crippen LogP contribution in [0.2, 0.25) is 5.02 Å². The number of pyridine rings is 1. The molecular formula is C10H7ClN2O2. The van der Waals surface area contributed by atoms with Crippen molar-refractivity contribution >= 4 is 29.2 Å². The maximum absolute atomic E-state index is 11.7. The van der Waals surface area contributed by atoms with Gasteiger partial charge in [-0.05, 0) is 18.6 Å². The summed E-state index contributed by atoms with van der Waals surface area (Å²) in [5.41, 5.74) is 0. The Kier molecular flexibility index (Phi) is 1.65. The third kappa shape index (κ3) is 1.11. The number of carbonyl (C=O) groups is 2. The monoisotopic (exact) mass is 222 g/mol. The summed E-state index contributed by atoms with van der Waals surface area (Å²) in [6, 6.07) is 3.28. The van der Waals surface area contributed by atoms with Crippen molar-refractivity contribution in [3.63, 3.8) is 0 Å². The molecule has 1 aliphatic heterocycles. The molecule has 2 atom stereocenters. The van der Waals surface area contributed by atoms with Gasteiger partial charge in [0.05, 0.1) is 16.9 Å². The zero-order valence-electron chi connectivity index (χ0n) is 7.68. The number of hydrogen-bond acceptors (Lipinski definition) is 3. The van der Waals surface area contributed by atoms with Crippen LogP contribution in [0.1, 0.15) is 6.42 Å². The minimum atomic E-state index is -0.161. The molecule has 15 heavy (non-hydrogen) atoms. The second-order valence-corrected chi connectivity index (χ2v) is 4.18. The lowest BCUT2D eigenvalue weighted by Gasteiger charge is -2.15. The molecule has 5 heteroatoms. The quantitative estimate of drug-likeness (QED) is 0.672. The van der Waals surface area contributed by atoms with E-state index in [1.807, 2.05) is 0 Å². The normalized spacial score (nSPS) is 28.2. The predicted molar refractivity (Wildman–Crippen MR) is 53.3 cm³/mol. The van der Waals surface area contributed by atoms with Crippen molar-refractivity contribution in [2.75, 3.05) is 4.90 Å². The first kappa shape index (κ1) is 8.85. The Bertz CT molecular complexity index is 454. The van der Waals surface area contributed by atoms with Gasteiger partial charge in [0.15, 0.2) is 5.82 Å². The van der Waals surface area contributed by atoms with Crippen LogP contribution in [0.5, 0.6) is 0 Å². The van der Waals surface area contributed by atoms with Gasteiger partial charge < -0.3 is 0 Å². The molecule has 2 aliphatic rings. The molecule has 2 heterocycles. The maximum Gasteiger partial charge on any atom is 0.238 e. The first-order valence-corrected chi connectivity index (χ1v) is 5.06. The van der Waals surface area contributed by atoms with E-state index >= 15 is 0 Å². The fraction of sp³-hybridized carbons (Fsp3) is 0.300. The Morgan fingerprint density at radius 1 is 1.33 bits per heavy atom. The van der Waals surface area contributed by atoms with Gasteiger partial charge in [-0.3, -0.25) is 9.59 Å². The molecule has 0 bridgehead atoms. The van der Waals surface area contributed by atoms with E-state index in [1.54, 1.807) is 12.1 Å². The maximum atomic E-state index is 11.7. The second-order valence-electron chi connectivity index (χ2n) is 3.77. The first-order valence-electron chi connectivity index (χ1n) is 4.68. The fourth-order valence-electron chi connectivity index (χ4n) is 1.93. The highest BCUT2D eigenvalue weighted by Gasteiger charge is 2.59. The minimum Gasteiger partial charge on any atom is -0.274 e. The highest BCUT2D eigenvalue weighted by Crippen LogP contribution is 2.48. The lowest BCUT2D eigenvalue weighted by molar-refractivity contribution is -0.123. The third-order valence-corrected chi connectivity index (χ3v) is 3.11. The van der Waals surface area contributed by atoms with E-state index in [9.17, 15) is 9.59 Å². The van der Waals surface area contributed by atoms with E-state index in [0.717, 1.165) is 4.90 Å². The van der Waals surface area contributed by atoms with Crippen LogP contribution in [0, 0.1) is 11.8 Å². The standard InChI is InChI=1S/C10H7ClN2O2/c11-7-2-1-3-12-8(7)13-9(14)5-4-6(5)10(13)15/h1-3,5-6H,4H2. The van der Waals surface area contributed by atoms with Gasteiger partial charge in [0, 0.05) is 6.20 Å². The molecule has 1 aromatic rings. The summed E-state index contributed by atoms with van der Waals surface area (Å²) in [6.45, 7) is 0. The van der Waals surface area contributed by atoms with Gasteiger partial charge in [-0.15, -0.1) is 0 Å². The lowest BCUT2D eigenvalue weighted by Crippen LogP contribution is -2.33. The Labute approximate surface area is 90.9 Å². The van der Waals surface area contributed by atoms with E-state index in [1.165, 1.54) is 6.20 Å². The number of carbonyl (C=O) groups excluding carboxylic acids is 2. The van der Waals surface area contributed by atoms with Crippen LogP contribution in [0.15, 0.2) is 18.3 Å². The number of halogens is 1.